The number of carbonyl (C=O) groups is 4. The molecule has 744 valence electrons. The molecule has 8 aliphatic heterocycles. The van der Waals surface area contributed by atoms with Crippen LogP contribution in [0.3, 0.4) is 0 Å². The molecule has 4 amide bonds. The van der Waals surface area contributed by atoms with Gasteiger partial charge in [-0.2, -0.15) is 0 Å². The van der Waals surface area contributed by atoms with E-state index < -0.39 is 95.9 Å². The van der Waals surface area contributed by atoms with Crippen molar-refractivity contribution < 1.29 is 77.5 Å². The first-order chi connectivity index (χ1) is 68.9. The fourth-order valence-electron chi connectivity index (χ4n) is 20.1. The van der Waals surface area contributed by atoms with E-state index in [1.165, 1.54) is 0 Å². The maximum atomic E-state index is 14.2. The summed E-state index contributed by atoms with van der Waals surface area (Å²) >= 11 is 49.6. The van der Waals surface area contributed by atoms with Crippen molar-refractivity contribution in [3.8, 4) is 0 Å². The van der Waals surface area contributed by atoms with Gasteiger partial charge in [0.05, 0.1) is 77.0 Å². The van der Waals surface area contributed by atoms with E-state index in [2.05, 4.69) is 26.3 Å². The molecule has 0 aromatic heterocycles. The van der Waals surface area contributed by atoms with Gasteiger partial charge in [-0.15, -0.1) is 0 Å². The van der Waals surface area contributed by atoms with Gasteiger partial charge < -0.3 is 58.3 Å². The summed E-state index contributed by atoms with van der Waals surface area (Å²) in [6, 6.07) is 80.1. The second-order valence-corrected chi connectivity index (χ2v) is 40.9. The van der Waals surface area contributed by atoms with Crippen LogP contribution < -0.4 is 0 Å². The summed E-state index contributed by atoms with van der Waals surface area (Å²) in [6.45, 7) is 33.2. The highest BCUT2D eigenvalue weighted by Gasteiger charge is 2.62. The Morgan fingerprint density at radius 2 is 0.431 bits per heavy atom. The molecule has 8 aliphatic rings. The summed E-state index contributed by atoms with van der Waals surface area (Å²) in [6.07, 6.45) is -5.85. The van der Waals surface area contributed by atoms with Crippen LogP contribution in [0.1, 0.15) is 210 Å². The Labute approximate surface area is 878 Å². The molecule has 0 radical (unpaired) electrons. The molecule has 0 spiro atoms. The van der Waals surface area contributed by atoms with Crippen molar-refractivity contribution in [1.82, 2.24) is 19.6 Å². The molecule has 0 bridgehead atoms. The van der Waals surface area contributed by atoms with Crippen LogP contribution in [0.25, 0.3) is 22.3 Å². The van der Waals surface area contributed by atoms with Gasteiger partial charge in [-0.05, 0) is 221 Å². The minimum absolute atomic E-state index is 0.170. The largest absolute Gasteiger partial charge is 0.388 e. The number of fused-ring (bicyclic) bond motifs is 4. The summed E-state index contributed by atoms with van der Waals surface area (Å²) in [5.41, 5.74) is 12.9. The van der Waals surface area contributed by atoms with E-state index in [1.54, 1.807) is 117 Å². The van der Waals surface area contributed by atoms with Gasteiger partial charge in [0.15, 0.2) is 22.9 Å². The fourth-order valence-corrected chi connectivity index (χ4v) is 21.2. The van der Waals surface area contributed by atoms with Gasteiger partial charge in [0.2, 0.25) is 0 Å². The van der Waals surface area contributed by atoms with E-state index in [-0.39, 0.29) is 76.5 Å². The normalized spacial score (nSPS) is 24.1. The van der Waals surface area contributed by atoms with Gasteiger partial charge in [0.25, 0.3) is 23.6 Å². The summed E-state index contributed by atoms with van der Waals surface area (Å²) in [4.78, 5) is 63.9. The fraction of sp³-hybridized carbons (Fsp3) is 0.276. The molecule has 28 heteroatoms. The van der Waals surface area contributed by atoms with E-state index in [1.807, 2.05) is 225 Å². The molecule has 4 N–H and O–H groups in total. The minimum atomic E-state index is -1.33. The molecule has 20 nitrogen and oxygen atoms in total. The van der Waals surface area contributed by atoms with Gasteiger partial charge in [0, 0.05) is 107 Å². The van der Waals surface area contributed by atoms with Crippen LogP contribution in [0.15, 0.2) is 293 Å². The first kappa shape index (κ1) is 105. The lowest BCUT2D eigenvalue weighted by molar-refractivity contribution is -0.172. The van der Waals surface area contributed by atoms with E-state index in [0.717, 1.165) is 89.1 Å². The predicted molar refractivity (Wildman–Crippen MR) is 564 cm³/mol. The topological polar surface area (TPSA) is 236 Å². The predicted octanol–water partition coefficient (Wildman–Crippen LogP) is 24.9. The van der Waals surface area contributed by atoms with Crippen LogP contribution in [0.4, 0.5) is 0 Å². The number of aliphatic hydroxyl groups is 4. The van der Waals surface area contributed by atoms with Crippen LogP contribution >= 0.6 is 92.8 Å². The quantitative estimate of drug-likeness (QED) is 0.0440. The number of amides is 4. The van der Waals surface area contributed by atoms with E-state index in [4.69, 9.17) is 131 Å². The molecule has 0 unspecified atom stereocenters. The summed E-state index contributed by atoms with van der Waals surface area (Å²) in [5.74, 6) is -0.726. The summed E-state index contributed by atoms with van der Waals surface area (Å²) in [7, 11) is 0. The number of hydrogen-bond donors (Lipinski definition) is 4. The zero-order valence-corrected chi connectivity index (χ0v) is 86.4. The van der Waals surface area contributed by atoms with E-state index in [9.17, 15) is 39.6 Å². The van der Waals surface area contributed by atoms with Crippen LogP contribution in [-0.4, -0.2) is 165 Å². The maximum Gasteiger partial charge on any atom is 0.257 e. The molecule has 0 aliphatic carbocycles. The number of benzene rings is 12. The molecule has 4 fully saturated rings. The number of ether oxygens (including phenoxy) is 8. The molecule has 0 saturated carbocycles. The highest BCUT2D eigenvalue weighted by molar-refractivity contribution is 6.33. The SMILES string of the molecule is C=C(C)c1ccc2c(c1)C(=O)N([C@@H](C)c1ccc(Cl)cc1)[C@@]2(O[C@@H]1COC[C@@H]1O)c1ccc(Cl)cc1.C=C(C)c1ccc2c(c1)C(=O)N([C@@H](C)c1ccc(Cl)cc1)[C@@]2(O[C@H]1COC[C@H]1O)c1ccc(Cl)cc1.C=C(C)c1ccc2c(c1)C(=O)N([C@@H](C)c1ccc(Cl)cc1)[C@]2(O[C@@H]1COC[C@@H]1O)c1ccc(Cl)cc1.C=C(C)c1ccc2c(c1)C(=O)N([C@@H](C)c1ccc(Cl)cc1)[C@]2(O[C@H]1COC[C@H]1O)c1ccc(Cl)cc1. The smallest absolute Gasteiger partial charge is 0.257 e. The van der Waals surface area contributed by atoms with Gasteiger partial charge in [0.1, 0.15) is 48.8 Å². The van der Waals surface area contributed by atoms with E-state index in [0.29, 0.717) is 84.7 Å². The van der Waals surface area contributed by atoms with Crippen molar-refractivity contribution in [2.24, 2.45) is 0 Å². The zero-order chi connectivity index (χ0) is 102. The standard InChI is InChI=1S/4C29H27Cl2NO4/c4*1-17(2)20-6-13-25-24(14-20)28(34)32(18(3)19-4-9-22(30)10-5-19)29(25,21-7-11-23(31)12-8-21)36-27-16-35-15-26(27)33/h4*4-14,18,26-27,33H,1,15-16H2,2-3H3/t18-,26+,27-,29+;18-,26+,27-,29-;18-,26-,27+,29+;18-,26-,27+,29-/m0000/s1. The van der Waals surface area contributed by atoms with Crippen molar-refractivity contribution in [3.63, 3.8) is 0 Å². The Morgan fingerprint density at radius 3 is 0.576 bits per heavy atom. The number of allylic oxidation sites excluding steroid dienone is 4. The lowest BCUT2D eigenvalue weighted by Crippen LogP contribution is -2.51. The third-order valence-electron chi connectivity index (χ3n) is 27.9. The van der Waals surface area contributed by atoms with Gasteiger partial charge in [-0.3, -0.25) is 38.8 Å². The molecular weight excluding hydrogens is 1990 g/mol. The van der Waals surface area contributed by atoms with Crippen LogP contribution in [0.2, 0.25) is 40.2 Å². The highest BCUT2D eigenvalue weighted by atomic mass is 35.5. The minimum Gasteiger partial charge on any atom is -0.388 e. The van der Waals surface area contributed by atoms with Crippen molar-refractivity contribution in [2.75, 3.05) is 52.9 Å². The number of hydrogen-bond acceptors (Lipinski definition) is 16. The molecule has 144 heavy (non-hydrogen) atoms. The van der Waals surface area contributed by atoms with Crippen molar-refractivity contribution in [3.05, 3.63) is 445 Å². The molecular formula is C116H108Cl8N4O16. The van der Waals surface area contributed by atoms with Crippen molar-refractivity contribution in [2.45, 2.75) is 151 Å². The van der Waals surface area contributed by atoms with Gasteiger partial charge in [-0.25, -0.2) is 0 Å². The van der Waals surface area contributed by atoms with Gasteiger partial charge >= 0.3 is 0 Å². The number of halogens is 8. The van der Waals surface area contributed by atoms with Crippen molar-refractivity contribution in [1.29, 1.82) is 0 Å². The molecule has 16 atom stereocenters. The number of aliphatic hydroxyl groups excluding tert-OH is 4. The highest BCUT2D eigenvalue weighted by Crippen LogP contribution is 2.58. The van der Waals surface area contributed by atoms with Crippen LogP contribution in [0, 0.1) is 0 Å². The number of nitrogens with zero attached hydrogens (tertiary/aromatic N) is 4. The zero-order valence-electron chi connectivity index (χ0n) is 80.3. The maximum absolute atomic E-state index is 14.2. The Morgan fingerprint density at radius 1 is 0.271 bits per heavy atom. The monoisotopic (exact) mass is 2090 g/mol. The average Bonchev–Trinajstić information content (AvgIpc) is 1.56. The molecule has 8 heterocycles. The van der Waals surface area contributed by atoms with E-state index >= 15 is 0 Å². The Balaban J connectivity index is 0.000000132. The van der Waals surface area contributed by atoms with Gasteiger partial charge in [-0.1, -0.05) is 287 Å². The molecule has 20 rings (SSSR count). The number of rotatable bonds is 24. The Bertz CT molecular complexity index is 6050. The van der Waals surface area contributed by atoms with Crippen LogP contribution in [-0.2, 0) is 60.8 Å². The Hall–Kier alpha value is -10.7. The average molecular weight is 2100 g/mol. The second kappa shape index (κ2) is 43.4. The second-order valence-electron chi connectivity index (χ2n) is 37.4. The summed E-state index contributed by atoms with van der Waals surface area (Å²) in [5, 5.41) is 47.3. The Kier molecular flexibility index (Phi) is 31.5. The molecule has 12 aromatic rings. The number of carbonyl (C=O) groups excluding carboxylic acids is 4. The molecule has 12 aromatic carbocycles. The van der Waals surface area contributed by atoms with Crippen molar-refractivity contribution >= 4 is 139 Å². The first-order valence-electron chi connectivity index (χ1n) is 47.3. The third-order valence-corrected chi connectivity index (χ3v) is 29.9. The summed E-state index contributed by atoms with van der Waals surface area (Å²) < 4.78 is 49.3. The lowest BCUT2D eigenvalue weighted by Gasteiger charge is -2.44. The van der Waals surface area contributed by atoms with Crippen LogP contribution in [0.5, 0.6) is 0 Å². The first-order valence-corrected chi connectivity index (χ1v) is 50.3. The molecule has 4 saturated heterocycles. The lowest BCUT2D eigenvalue weighted by atomic mass is 9.90. The third kappa shape index (κ3) is 20.1.